The smallest absolute Gasteiger partial charge is 0.195 e. The summed E-state index contributed by atoms with van der Waals surface area (Å²) < 4.78 is 11.3. The highest BCUT2D eigenvalue weighted by Crippen LogP contribution is 2.32. The standard InChI is InChI=1S/C16H25N3O2.HI/c1-12(2)7-8-18-16(17-3)19-13-5-6-14-15(11-13)21-10-4-9-20-14;/h5-6,11-12H,4,7-10H2,1-3H3,(H2,17,18,19);1H. The fourth-order valence-electron chi connectivity index (χ4n) is 2.04. The van der Waals surface area contributed by atoms with Crippen molar-refractivity contribution >= 4 is 35.6 Å². The van der Waals surface area contributed by atoms with Gasteiger partial charge in [0.15, 0.2) is 17.5 Å². The van der Waals surface area contributed by atoms with Crippen LogP contribution in [-0.2, 0) is 0 Å². The molecule has 2 rings (SSSR count). The number of rotatable bonds is 4. The van der Waals surface area contributed by atoms with Crippen molar-refractivity contribution in [3.05, 3.63) is 18.2 Å². The first-order valence-electron chi connectivity index (χ1n) is 7.56. The highest BCUT2D eigenvalue weighted by Gasteiger charge is 2.11. The Morgan fingerprint density at radius 3 is 2.64 bits per heavy atom. The van der Waals surface area contributed by atoms with Crippen LogP contribution in [0.15, 0.2) is 23.2 Å². The molecule has 1 aliphatic rings. The Hall–Kier alpha value is -1.18. The second-order valence-electron chi connectivity index (χ2n) is 5.52. The molecule has 22 heavy (non-hydrogen) atoms. The number of hydrogen-bond donors (Lipinski definition) is 2. The van der Waals surface area contributed by atoms with Gasteiger partial charge in [0.1, 0.15) is 0 Å². The van der Waals surface area contributed by atoms with Crippen LogP contribution in [0.2, 0.25) is 0 Å². The van der Waals surface area contributed by atoms with Crippen molar-refractivity contribution in [2.75, 3.05) is 32.1 Å². The summed E-state index contributed by atoms with van der Waals surface area (Å²) in [4.78, 5) is 4.23. The third kappa shape index (κ3) is 5.90. The van der Waals surface area contributed by atoms with Crippen LogP contribution in [0, 0.1) is 5.92 Å². The number of benzene rings is 1. The quantitative estimate of drug-likeness (QED) is 0.446. The molecule has 2 N–H and O–H groups in total. The van der Waals surface area contributed by atoms with E-state index in [9.17, 15) is 0 Å². The second-order valence-corrected chi connectivity index (χ2v) is 5.52. The van der Waals surface area contributed by atoms with Crippen LogP contribution in [0.1, 0.15) is 26.7 Å². The molecule has 1 heterocycles. The van der Waals surface area contributed by atoms with Gasteiger partial charge in [-0.25, -0.2) is 0 Å². The fourth-order valence-corrected chi connectivity index (χ4v) is 2.04. The van der Waals surface area contributed by atoms with Gasteiger partial charge < -0.3 is 20.1 Å². The highest BCUT2D eigenvalue weighted by molar-refractivity contribution is 14.0. The molecular weight excluding hydrogens is 393 g/mol. The van der Waals surface area contributed by atoms with Crippen LogP contribution in [-0.4, -0.2) is 32.8 Å². The molecule has 0 saturated carbocycles. The van der Waals surface area contributed by atoms with Crippen molar-refractivity contribution in [1.29, 1.82) is 0 Å². The predicted molar refractivity (Wildman–Crippen MR) is 102 cm³/mol. The summed E-state index contributed by atoms with van der Waals surface area (Å²) in [7, 11) is 1.77. The Labute approximate surface area is 149 Å². The first-order chi connectivity index (χ1) is 10.2. The number of fused-ring (bicyclic) bond motifs is 1. The number of aliphatic imine (C=N–C) groups is 1. The van der Waals surface area contributed by atoms with E-state index in [2.05, 4.69) is 29.5 Å². The summed E-state index contributed by atoms with van der Waals surface area (Å²) in [6.45, 7) is 6.72. The summed E-state index contributed by atoms with van der Waals surface area (Å²) >= 11 is 0. The number of hydrogen-bond acceptors (Lipinski definition) is 3. The zero-order chi connectivity index (χ0) is 15.1. The fraction of sp³-hybridized carbons (Fsp3) is 0.562. The summed E-state index contributed by atoms with van der Waals surface area (Å²) in [6, 6.07) is 5.86. The average molecular weight is 419 g/mol. The highest BCUT2D eigenvalue weighted by atomic mass is 127. The lowest BCUT2D eigenvalue weighted by Gasteiger charge is -2.14. The van der Waals surface area contributed by atoms with E-state index >= 15 is 0 Å². The van der Waals surface area contributed by atoms with E-state index in [0.29, 0.717) is 19.1 Å². The van der Waals surface area contributed by atoms with Crippen molar-refractivity contribution in [3.63, 3.8) is 0 Å². The molecule has 0 bridgehead atoms. The van der Waals surface area contributed by atoms with E-state index in [0.717, 1.165) is 42.5 Å². The molecular formula is C16H26IN3O2. The number of ether oxygens (including phenoxy) is 2. The zero-order valence-corrected chi connectivity index (χ0v) is 15.8. The summed E-state index contributed by atoms with van der Waals surface area (Å²) in [5, 5.41) is 6.58. The maximum Gasteiger partial charge on any atom is 0.195 e. The number of nitrogens with zero attached hydrogens (tertiary/aromatic N) is 1. The largest absolute Gasteiger partial charge is 0.490 e. The molecule has 0 radical (unpaired) electrons. The molecule has 0 unspecified atom stereocenters. The van der Waals surface area contributed by atoms with Gasteiger partial charge >= 0.3 is 0 Å². The minimum absolute atomic E-state index is 0. The summed E-state index contributed by atoms with van der Waals surface area (Å²) in [5.41, 5.74) is 0.942. The topological polar surface area (TPSA) is 54.9 Å². The van der Waals surface area contributed by atoms with Crippen LogP contribution < -0.4 is 20.1 Å². The maximum atomic E-state index is 5.69. The lowest BCUT2D eigenvalue weighted by atomic mass is 10.1. The molecule has 1 aromatic rings. The van der Waals surface area contributed by atoms with Gasteiger partial charge in [0.05, 0.1) is 13.2 Å². The molecule has 0 saturated heterocycles. The molecule has 0 aliphatic carbocycles. The third-order valence-electron chi connectivity index (χ3n) is 3.25. The molecule has 1 aliphatic heterocycles. The molecule has 0 amide bonds. The second kappa shape index (κ2) is 9.76. The molecule has 1 aromatic carbocycles. The van der Waals surface area contributed by atoms with Crippen molar-refractivity contribution in [3.8, 4) is 11.5 Å². The molecule has 5 nitrogen and oxygen atoms in total. The first kappa shape index (κ1) is 18.9. The van der Waals surface area contributed by atoms with Crippen molar-refractivity contribution in [2.45, 2.75) is 26.7 Å². The van der Waals surface area contributed by atoms with Gasteiger partial charge in [-0.2, -0.15) is 0 Å². The van der Waals surface area contributed by atoms with Gasteiger partial charge in [0.2, 0.25) is 0 Å². The van der Waals surface area contributed by atoms with Crippen LogP contribution in [0.4, 0.5) is 5.69 Å². The van der Waals surface area contributed by atoms with Crippen molar-refractivity contribution in [2.24, 2.45) is 10.9 Å². The number of nitrogens with one attached hydrogen (secondary N) is 2. The molecule has 6 heteroatoms. The van der Waals surface area contributed by atoms with Gasteiger partial charge in [0.25, 0.3) is 0 Å². The molecule has 0 fully saturated rings. The van der Waals surface area contributed by atoms with Gasteiger partial charge in [-0.15, -0.1) is 24.0 Å². The number of guanidine groups is 1. The van der Waals surface area contributed by atoms with E-state index in [4.69, 9.17) is 9.47 Å². The van der Waals surface area contributed by atoms with Gasteiger partial charge in [-0.3, -0.25) is 4.99 Å². The Morgan fingerprint density at radius 1 is 1.23 bits per heavy atom. The third-order valence-corrected chi connectivity index (χ3v) is 3.25. The summed E-state index contributed by atoms with van der Waals surface area (Å²) in [5.74, 6) is 3.04. The number of anilines is 1. The monoisotopic (exact) mass is 419 g/mol. The Kier molecular flexibility index (Phi) is 8.37. The minimum atomic E-state index is 0. The van der Waals surface area contributed by atoms with Crippen LogP contribution in [0.25, 0.3) is 0 Å². The van der Waals surface area contributed by atoms with E-state index in [1.165, 1.54) is 0 Å². The summed E-state index contributed by atoms with van der Waals surface area (Å²) in [6.07, 6.45) is 2.03. The number of halogens is 1. The van der Waals surface area contributed by atoms with E-state index in [1.807, 2.05) is 18.2 Å². The minimum Gasteiger partial charge on any atom is -0.490 e. The Morgan fingerprint density at radius 2 is 1.95 bits per heavy atom. The van der Waals surface area contributed by atoms with Gasteiger partial charge in [-0.05, 0) is 24.5 Å². The molecule has 0 spiro atoms. The normalized spacial score (nSPS) is 14.1. The van der Waals surface area contributed by atoms with Crippen LogP contribution in [0.3, 0.4) is 0 Å². The average Bonchev–Trinajstić information content (AvgIpc) is 2.70. The van der Waals surface area contributed by atoms with Gasteiger partial charge in [-0.1, -0.05) is 13.8 Å². The van der Waals surface area contributed by atoms with Crippen LogP contribution >= 0.6 is 24.0 Å². The predicted octanol–water partition coefficient (Wildman–Crippen LogP) is 3.50. The van der Waals surface area contributed by atoms with Crippen molar-refractivity contribution in [1.82, 2.24) is 5.32 Å². The molecule has 124 valence electrons. The SMILES string of the molecule is CN=C(NCCC(C)C)Nc1ccc2c(c1)OCCCO2.I. The Bertz CT molecular complexity index is 492. The van der Waals surface area contributed by atoms with E-state index < -0.39 is 0 Å². The van der Waals surface area contributed by atoms with E-state index in [-0.39, 0.29) is 24.0 Å². The Balaban J connectivity index is 0.00000242. The maximum absolute atomic E-state index is 5.69. The lowest BCUT2D eigenvalue weighted by Crippen LogP contribution is -2.31. The molecule has 0 atom stereocenters. The molecule has 0 aromatic heterocycles. The van der Waals surface area contributed by atoms with Gasteiger partial charge in [0, 0.05) is 31.8 Å². The lowest BCUT2D eigenvalue weighted by molar-refractivity contribution is 0.297. The van der Waals surface area contributed by atoms with Crippen LogP contribution in [0.5, 0.6) is 11.5 Å². The van der Waals surface area contributed by atoms with Crippen molar-refractivity contribution < 1.29 is 9.47 Å². The van der Waals surface area contributed by atoms with E-state index in [1.54, 1.807) is 7.05 Å². The first-order valence-corrected chi connectivity index (χ1v) is 7.56. The zero-order valence-electron chi connectivity index (χ0n) is 13.5.